The Morgan fingerprint density at radius 1 is 1.29 bits per heavy atom. The van der Waals surface area contributed by atoms with Crippen LogP contribution >= 0.6 is 0 Å². The molecular formula is C19H31N5. The molecular weight excluding hydrogens is 298 g/mol. The third-order valence-corrected chi connectivity index (χ3v) is 3.92. The molecule has 1 fully saturated rings. The van der Waals surface area contributed by atoms with Gasteiger partial charge in [-0.1, -0.05) is 39.3 Å². The van der Waals surface area contributed by atoms with Crippen LogP contribution in [0.15, 0.2) is 46.8 Å². The largest absolute Gasteiger partial charge is 0.388 e. The third-order valence-electron chi connectivity index (χ3n) is 3.92. The highest BCUT2D eigenvalue weighted by atomic mass is 15.3. The second-order valence-electron chi connectivity index (χ2n) is 5.99. The van der Waals surface area contributed by atoms with Gasteiger partial charge in [-0.25, -0.2) is 0 Å². The fourth-order valence-electron chi connectivity index (χ4n) is 2.56. The summed E-state index contributed by atoms with van der Waals surface area (Å²) >= 11 is 0. The van der Waals surface area contributed by atoms with Crippen molar-refractivity contribution in [1.82, 2.24) is 10.7 Å². The molecule has 0 spiro atoms. The molecule has 0 aromatic heterocycles. The molecule has 3 N–H and O–H groups in total. The van der Waals surface area contributed by atoms with Gasteiger partial charge in [0.05, 0.1) is 6.21 Å². The molecule has 0 atom stereocenters. The molecule has 0 aromatic rings. The average molecular weight is 329 g/mol. The number of hydrazone groups is 1. The summed E-state index contributed by atoms with van der Waals surface area (Å²) in [6, 6.07) is 0.513. The highest BCUT2D eigenvalue weighted by molar-refractivity contribution is 6.43. The van der Waals surface area contributed by atoms with Crippen LogP contribution in [0.5, 0.6) is 0 Å². The van der Waals surface area contributed by atoms with E-state index in [1.54, 1.807) is 24.6 Å². The molecule has 1 rings (SSSR count). The molecule has 0 bridgehead atoms. The van der Waals surface area contributed by atoms with Gasteiger partial charge in [0.2, 0.25) is 0 Å². The second-order valence-corrected chi connectivity index (χ2v) is 5.99. The molecule has 0 unspecified atom stereocenters. The Kier molecular flexibility index (Phi) is 10.2. The van der Waals surface area contributed by atoms with Crippen LogP contribution < -0.4 is 10.7 Å². The normalized spacial score (nSPS) is 21.8. The zero-order valence-electron chi connectivity index (χ0n) is 15.0. The molecule has 0 aliphatic heterocycles. The number of nitrogens with zero attached hydrogens (tertiary/aromatic N) is 2. The summed E-state index contributed by atoms with van der Waals surface area (Å²) in [4.78, 5) is 4.19. The zero-order valence-corrected chi connectivity index (χ0v) is 15.0. The number of allylic oxidation sites excluding steroid dienone is 3. The van der Waals surface area contributed by atoms with Crippen molar-refractivity contribution in [2.75, 3.05) is 6.54 Å². The number of hydrogen-bond donors (Lipinski definition) is 3. The van der Waals surface area contributed by atoms with Crippen molar-refractivity contribution >= 4 is 18.1 Å². The van der Waals surface area contributed by atoms with Gasteiger partial charge in [0.25, 0.3) is 0 Å². The predicted octanol–water partition coefficient (Wildman–Crippen LogP) is 3.81. The minimum absolute atomic E-state index is 0.513. The van der Waals surface area contributed by atoms with Crippen molar-refractivity contribution in [3.05, 3.63) is 36.7 Å². The summed E-state index contributed by atoms with van der Waals surface area (Å²) in [5, 5.41) is 15.4. The highest BCUT2D eigenvalue weighted by Gasteiger charge is 2.27. The molecule has 5 nitrogen and oxygen atoms in total. The smallest absolute Gasteiger partial charge is 0.111 e. The Hall–Kier alpha value is -2.17. The predicted molar refractivity (Wildman–Crippen MR) is 105 cm³/mol. The van der Waals surface area contributed by atoms with E-state index in [0.29, 0.717) is 17.3 Å². The van der Waals surface area contributed by atoms with E-state index in [-0.39, 0.29) is 0 Å². The van der Waals surface area contributed by atoms with Crippen LogP contribution in [0.2, 0.25) is 0 Å². The fraction of sp³-hybridized carbons (Fsp3) is 0.526. The van der Waals surface area contributed by atoms with Crippen LogP contribution in [-0.2, 0) is 0 Å². The van der Waals surface area contributed by atoms with Gasteiger partial charge in [-0.2, -0.15) is 5.10 Å². The van der Waals surface area contributed by atoms with Crippen molar-refractivity contribution in [2.24, 2.45) is 16.0 Å². The first-order chi connectivity index (χ1) is 11.7. The van der Waals surface area contributed by atoms with Crippen LogP contribution in [0.3, 0.4) is 0 Å². The van der Waals surface area contributed by atoms with Gasteiger partial charge in [-0.3, -0.25) is 4.99 Å². The lowest BCUT2D eigenvalue weighted by Gasteiger charge is -2.35. The first-order valence-electron chi connectivity index (χ1n) is 8.83. The Morgan fingerprint density at radius 3 is 2.71 bits per heavy atom. The summed E-state index contributed by atoms with van der Waals surface area (Å²) < 4.78 is 0. The van der Waals surface area contributed by atoms with E-state index >= 15 is 0 Å². The van der Waals surface area contributed by atoms with E-state index in [2.05, 4.69) is 41.3 Å². The maximum absolute atomic E-state index is 7.67. The minimum atomic E-state index is 0.513. The summed E-state index contributed by atoms with van der Waals surface area (Å²) in [6.45, 7) is 8.72. The molecule has 0 aromatic carbocycles. The molecule has 1 aliphatic carbocycles. The van der Waals surface area contributed by atoms with Gasteiger partial charge in [0, 0.05) is 36.8 Å². The van der Waals surface area contributed by atoms with Crippen LogP contribution in [-0.4, -0.2) is 30.7 Å². The van der Waals surface area contributed by atoms with Gasteiger partial charge in [0.1, 0.15) is 5.71 Å². The van der Waals surface area contributed by atoms with Gasteiger partial charge in [-0.05, 0) is 31.3 Å². The van der Waals surface area contributed by atoms with Crippen LogP contribution in [0.4, 0.5) is 0 Å². The highest BCUT2D eigenvalue weighted by Crippen LogP contribution is 2.31. The second kappa shape index (κ2) is 12.3. The third kappa shape index (κ3) is 7.40. The maximum atomic E-state index is 7.67. The lowest BCUT2D eigenvalue weighted by molar-refractivity contribution is 0.224. The SMILES string of the molecule is C=C/C=C/N=C\C(=N/NCCC)C(\C=N)=C\NC1CC(CCC)C1. The molecule has 0 radical (unpaired) electrons. The Morgan fingerprint density at radius 2 is 2.08 bits per heavy atom. The molecule has 1 aliphatic rings. The Bertz CT molecular complexity index is 496. The summed E-state index contributed by atoms with van der Waals surface area (Å²) in [5.74, 6) is 0.856. The monoisotopic (exact) mass is 329 g/mol. The van der Waals surface area contributed by atoms with E-state index in [1.807, 2.05) is 6.20 Å². The number of rotatable bonds is 12. The lowest BCUT2D eigenvalue weighted by Crippen LogP contribution is -2.38. The Labute approximate surface area is 146 Å². The first-order valence-corrected chi connectivity index (χ1v) is 8.83. The molecule has 132 valence electrons. The average Bonchev–Trinajstić information content (AvgIpc) is 2.55. The molecule has 0 heterocycles. The van der Waals surface area contributed by atoms with Crippen molar-refractivity contribution in [1.29, 1.82) is 5.41 Å². The topological polar surface area (TPSA) is 72.6 Å². The molecule has 0 saturated heterocycles. The van der Waals surface area contributed by atoms with Gasteiger partial charge in [0.15, 0.2) is 0 Å². The molecule has 0 amide bonds. The van der Waals surface area contributed by atoms with Crippen LogP contribution in [0, 0.1) is 11.3 Å². The van der Waals surface area contributed by atoms with E-state index in [4.69, 9.17) is 5.41 Å². The van der Waals surface area contributed by atoms with Crippen molar-refractivity contribution in [3.8, 4) is 0 Å². The maximum Gasteiger partial charge on any atom is 0.111 e. The van der Waals surface area contributed by atoms with Gasteiger partial charge >= 0.3 is 0 Å². The number of hydrogen-bond acceptors (Lipinski definition) is 5. The van der Waals surface area contributed by atoms with Crippen LogP contribution in [0.25, 0.3) is 0 Å². The first kappa shape index (κ1) is 19.9. The number of nitrogens with one attached hydrogen (secondary N) is 3. The molecule has 24 heavy (non-hydrogen) atoms. The summed E-state index contributed by atoms with van der Waals surface area (Å²) in [6.07, 6.45) is 15.9. The van der Waals surface area contributed by atoms with Crippen molar-refractivity contribution in [2.45, 2.75) is 52.0 Å². The van der Waals surface area contributed by atoms with Gasteiger partial charge < -0.3 is 16.2 Å². The van der Waals surface area contributed by atoms with E-state index in [0.717, 1.165) is 18.9 Å². The number of aliphatic imine (C=N–C) groups is 1. The minimum Gasteiger partial charge on any atom is -0.388 e. The van der Waals surface area contributed by atoms with Crippen LogP contribution in [0.1, 0.15) is 46.0 Å². The quantitative estimate of drug-likeness (QED) is 0.220. The standard InChI is InChI=1S/C19H31N5/c1-4-7-10-21-15-19(24-23-9-6-3)17(13-20)14-22-18-11-16(12-18)8-5-2/h4,7,10,13-16,18,20,22-23H,1,5-6,8-9,11-12H2,2-3H3/b10-7+,17-14+,20-13?,21-15-,24-19+. The van der Waals surface area contributed by atoms with Gasteiger partial charge in [-0.15, -0.1) is 0 Å². The molecule has 1 saturated carbocycles. The van der Waals surface area contributed by atoms with Crippen molar-refractivity contribution in [3.63, 3.8) is 0 Å². The lowest BCUT2D eigenvalue weighted by atomic mass is 9.78. The van der Waals surface area contributed by atoms with Crippen molar-refractivity contribution < 1.29 is 0 Å². The van der Waals surface area contributed by atoms with E-state index < -0.39 is 0 Å². The fourth-order valence-corrected chi connectivity index (χ4v) is 2.56. The zero-order chi connectivity index (χ0) is 17.6. The molecule has 5 heteroatoms. The van der Waals surface area contributed by atoms with E-state index in [9.17, 15) is 0 Å². The summed E-state index contributed by atoms with van der Waals surface area (Å²) in [5.41, 5.74) is 4.37. The Balaban J connectivity index is 2.68. The summed E-state index contributed by atoms with van der Waals surface area (Å²) in [7, 11) is 0. The van der Waals surface area contributed by atoms with E-state index in [1.165, 1.54) is 31.9 Å².